The van der Waals surface area contributed by atoms with Gasteiger partial charge in [0.1, 0.15) is 13.2 Å². The van der Waals surface area contributed by atoms with Crippen LogP contribution in [-0.2, 0) is 4.79 Å². The van der Waals surface area contributed by atoms with Crippen LogP contribution in [0.4, 0.5) is 0 Å². The molecule has 25 heavy (non-hydrogen) atoms. The third-order valence-electron chi connectivity index (χ3n) is 4.86. The van der Waals surface area contributed by atoms with Gasteiger partial charge in [0, 0.05) is 25.2 Å². The van der Waals surface area contributed by atoms with Crippen molar-refractivity contribution in [2.24, 2.45) is 0 Å². The highest BCUT2D eigenvalue weighted by molar-refractivity contribution is 5.91. The number of hydrogen-bond donors (Lipinski definition) is 1. The molecule has 1 N–H and O–H groups in total. The molecule has 3 rings (SSSR count). The lowest BCUT2D eigenvalue weighted by molar-refractivity contribution is -0.116. The van der Waals surface area contributed by atoms with Gasteiger partial charge in [0.25, 0.3) is 0 Å². The molecule has 0 saturated carbocycles. The average Bonchev–Trinajstić information content (AvgIpc) is 2.64. The number of piperidine rings is 1. The second kappa shape index (κ2) is 8.90. The van der Waals surface area contributed by atoms with Gasteiger partial charge in [-0.3, -0.25) is 4.79 Å². The van der Waals surface area contributed by atoms with E-state index in [4.69, 9.17) is 9.47 Å². The van der Waals surface area contributed by atoms with Crippen LogP contribution >= 0.6 is 0 Å². The molecule has 1 atom stereocenters. The molecule has 1 aromatic rings. The van der Waals surface area contributed by atoms with Gasteiger partial charge in [-0.1, -0.05) is 12.5 Å². The minimum atomic E-state index is -0.0541. The topological polar surface area (TPSA) is 50.8 Å². The minimum Gasteiger partial charge on any atom is -0.486 e. The van der Waals surface area contributed by atoms with E-state index in [9.17, 15) is 4.79 Å². The van der Waals surface area contributed by atoms with Gasteiger partial charge in [-0.05, 0) is 56.5 Å². The Labute approximate surface area is 150 Å². The van der Waals surface area contributed by atoms with Crippen molar-refractivity contribution in [3.05, 3.63) is 29.8 Å². The SMILES string of the molecule is C[C@@H]1CCCCN1CCCNC(=O)/C=C/c1ccc2c(c1)OCCO2. The van der Waals surface area contributed by atoms with Crippen molar-refractivity contribution in [3.63, 3.8) is 0 Å². The number of fused-ring (bicyclic) bond motifs is 1. The molecule has 2 heterocycles. The molecule has 136 valence electrons. The molecule has 1 amide bonds. The minimum absolute atomic E-state index is 0.0541. The predicted octanol–water partition coefficient (Wildman–Crippen LogP) is 2.85. The van der Waals surface area contributed by atoms with Crippen LogP contribution < -0.4 is 14.8 Å². The molecule has 1 saturated heterocycles. The molecule has 1 fully saturated rings. The molecule has 0 unspecified atom stereocenters. The first kappa shape index (κ1) is 17.8. The van der Waals surface area contributed by atoms with Crippen LogP contribution in [0.1, 0.15) is 38.2 Å². The second-order valence-electron chi connectivity index (χ2n) is 6.76. The van der Waals surface area contributed by atoms with Gasteiger partial charge in [0.2, 0.25) is 5.91 Å². The summed E-state index contributed by atoms with van der Waals surface area (Å²) in [4.78, 5) is 14.5. The zero-order chi connectivity index (χ0) is 17.5. The maximum Gasteiger partial charge on any atom is 0.243 e. The van der Waals surface area contributed by atoms with Crippen LogP contribution in [0.15, 0.2) is 24.3 Å². The van der Waals surface area contributed by atoms with E-state index in [1.807, 2.05) is 18.2 Å². The Kier molecular flexibility index (Phi) is 6.34. The molecule has 0 radical (unpaired) electrons. The van der Waals surface area contributed by atoms with Gasteiger partial charge in [-0.15, -0.1) is 0 Å². The highest BCUT2D eigenvalue weighted by Crippen LogP contribution is 2.31. The lowest BCUT2D eigenvalue weighted by Crippen LogP contribution is -2.39. The molecule has 1 aromatic carbocycles. The molecular formula is C20H28N2O3. The quantitative estimate of drug-likeness (QED) is 0.637. The van der Waals surface area contributed by atoms with E-state index < -0.39 is 0 Å². The van der Waals surface area contributed by atoms with Gasteiger partial charge >= 0.3 is 0 Å². The van der Waals surface area contributed by atoms with Crippen LogP contribution in [0, 0.1) is 0 Å². The van der Waals surface area contributed by atoms with Gasteiger partial charge in [-0.25, -0.2) is 0 Å². The Morgan fingerprint density at radius 1 is 1.28 bits per heavy atom. The van der Waals surface area contributed by atoms with E-state index >= 15 is 0 Å². The van der Waals surface area contributed by atoms with Crippen LogP contribution in [0.3, 0.4) is 0 Å². The summed E-state index contributed by atoms with van der Waals surface area (Å²) in [6.45, 7) is 6.42. The van der Waals surface area contributed by atoms with Crippen LogP contribution in [0.25, 0.3) is 6.08 Å². The first-order chi connectivity index (χ1) is 12.2. The van der Waals surface area contributed by atoms with Crippen LogP contribution in [-0.4, -0.2) is 49.7 Å². The number of benzene rings is 1. The average molecular weight is 344 g/mol. The van der Waals surface area contributed by atoms with Crippen molar-refractivity contribution in [2.75, 3.05) is 32.8 Å². The molecular weight excluding hydrogens is 316 g/mol. The Morgan fingerprint density at radius 2 is 2.12 bits per heavy atom. The first-order valence-corrected chi connectivity index (χ1v) is 9.32. The fourth-order valence-corrected chi connectivity index (χ4v) is 3.38. The Morgan fingerprint density at radius 3 is 2.96 bits per heavy atom. The smallest absolute Gasteiger partial charge is 0.243 e. The summed E-state index contributed by atoms with van der Waals surface area (Å²) in [6, 6.07) is 6.39. The summed E-state index contributed by atoms with van der Waals surface area (Å²) in [5.74, 6) is 1.45. The largest absolute Gasteiger partial charge is 0.486 e. The number of nitrogens with zero attached hydrogens (tertiary/aromatic N) is 1. The van der Waals surface area contributed by atoms with E-state index in [-0.39, 0.29) is 5.91 Å². The Balaban J connectivity index is 1.39. The number of amides is 1. The lowest BCUT2D eigenvalue weighted by Gasteiger charge is -2.33. The zero-order valence-corrected chi connectivity index (χ0v) is 15.0. The van der Waals surface area contributed by atoms with Gasteiger partial charge in [0.15, 0.2) is 11.5 Å². The summed E-state index contributed by atoms with van der Waals surface area (Å²) >= 11 is 0. The number of rotatable bonds is 6. The van der Waals surface area contributed by atoms with Crippen molar-refractivity contribution < 1.29 is 14.3 Å². The summed E-state index contributed by atoms with van der Waals surface area (Å²) in [6.07, 6.45) is 8.32. The molecule has 0 aromatic heterocycles. The van der Waals surface area contributed by atoms with E-state index in [0.717, 1.165) is 30.0 Å². The van der Waals surface area contributed by atoms with E-state index in [0.29, 0.717) is 25.8 Å². The van der Waals surface area contributed by atoms with Crippen LogP contribution in [0.5, 0.6) is 11.5 Å². The van der Waals surface area contributed by atoms with Crippen molar-refractivity contribution in [1.82, 2.24) is 10.2 Å². The summed E-state index contributed by atoms with van der Waals surface area (Å²) in [5, 5.41) is 2.96. The van der Waals surface area contributed by atoms with Gasteiger partial charge < -0.3 is 19.7 Å². The third-order valence-corrected chi connectivity index (χ3v) is 4.86. The maximum absolute atomic E-state index is 12.0. The molecule has 2 aliphatic rings. The molecule has 0 bridgehead atoms. The maximum atomic E-state index is 12.0. The number of hydrogen-bond acceptors (Lipinski definition) is 4. The standard InChI is InChI=1S/C20H28N2O3/c1-16-5-2-3-11-22(16)12-4-10-21-20(23)9-7-17-6-8-18-19(15-17)25-14-13-24-18/h6-9,15-16H,2-5,10-14H2,1H3,(H,21,23)/b9-7+/t16-/m1/s1. The second-order valence-corrected chi connectivity index (χ2v) is 6.76. The highest BCUT2D eigenvalue weighted by Gasteiger charge is 2.17. The summed E-state index contributed by atoms with van der Waals surface area (Å²) in [7, 11) is 0. The summed E-state index contributed by atoms with van der Waals surface area (Å²) < 4.78 is 11.0. The van der Waals surface area contributed by atoms with Crippen LogP contribution in [0.2, 0.25) is 0 Å². The Hall–Kier alpha value is -2.01. The van der Waals surface area contributed by atoms with E-state index in [1.165, 1.54) is 25.8 Å². The van der Waals surface area contributed by atoms with Gasteiger partial charge in [-0.2, -0.15) is 0 Å². The zero-order valence-electron chi connectivity index (χ0n) is 15.0. The van der Waals surface area contributed by atoms with Gasteiger partial charge in [0.05, 0.1) is 0 Å². The fourth-order valence-electron chi connectivity index (χ4n) is 3.38. The van der Waals surface area contributed by atoms with Crippen molar-refractivity contribution in [2.45, 2.75) is 38.6 Å². The highest BCUT2D eigenvalue weighted by atomic mass is 16.6. The van der Waals surface area contributed by atoms with E-state index in [1.54, 1.807) is 12.2 Å². The number of carbonyl (C=O) groups excluding carboxylic acids is 1. The number of likely N-dealkylation sites (tertiary alicyclic amines) is 1. The molecule has 5 heteroatoms. The normalized spacial score (nSPS) is 20.6. The molecule has 0 spiro atoms. The molecule has 2 aliphatic heterocycles. The predicted molar refractivity (Wildman–Crippen MR) is 99.0 cm³/mol. The third kappa shape index (κ3) is 5.23. The lowest BCUT2D eigenvalue weighted by atomic mass is 10.0. The number of ether oxygens (including phenoxy) is 2. The van der Waals surface area contributed by atoms with Crippen molar-refractivity contribution >= 4 is 12.0 Å². The fraction of sp³-hybridized carbons (Fsp3) is 0.550. The summed E-state index contributed by atoms with van der Waals surface area (Å²) in [5.41, 5.74) is 0.932. The van der Waals surface area contributed by atoms with Crippen molar-refractivity contribution in [1.29, 1.82) is 0 Å². The Bertz CT molecular complexity index is 615. The van der Waals surface area contributed by atoms with Crippen molar-refractivity contribution in [3.8, 4) is 11.5 Å². The monoisotopic (exact) mass is 344 g/mol. The molecule has 5 nitrogen and oxygen atoms in total. The number of nitrogens with one attached hydrogen (secondary N) is 1. The first-order valence-electron chi connectivity index (χ1n) is 9.32. The molecule has 0 aliphatic carbocycles. The van der Waals surface area contributed by atoms with E-state index in [2.05, 4.69) is 17.1 Å². The number of carbonyl (C=O) groups is 1.